The molecule has 146 valence electrons. The summed E-state index contributed by atoms with van der Waals surface area (Å²) in [5.41, 5.74) is 3.11. The molecule has 1 N–H and O–H groups in total. The molecule has 0 saturated carbocycles. The van der Waals surface area contributed by atoms with E-state index in [1.165, 1.54) is 11.3 Å². The van der Waals surface area contributed by atoms with Crippen molar-refractivity contribution in [3.05, 3.63) is 65.8 Å². The van der Waals surface area contributed by atoms with Gasteiger partial charge in [0, 0.05) is 23.9 Å². The summed E-state index contributed by atoms with van der Waals surface area (Å²) in [4.78, 5) is 19.6. The minimum Gasteiger partial charge on any atom is -0.378 e. The molecule has 5 rings (SSSR count). The zero-order chi connectivity index (χ0) is 19.6. The van der Waals surface area contributed by atoms with Gasteiger partial charge in [-0.1, -0.05) is 30.3 Å². The quantitative estimate of drug-likeness (QED) is 0.562. The Bertz CT molecular complexity index is 1160. The highest BCUT2D eigenvalue weighted by Crippen LogP contribution is 2.27. The highest BCUT2D eigenvalue weighted by molar-refractivity contribution is 7.12. The highest BCUT2D eigenvalue weighted by atomic mass is 32.1. The van der Waals surface area contributed by atoms with Crippen molar-refractivity contribution < 1.29 is 9.53 Å². The van der Waals surface area contributed by atoms with Gasteiger partial charge in [0.05, 0.1) is 36.3 Å². The maximum Gasteiger partial charge on any atom is 0.275 e. The van der Waals surface area contributed by atoms with Crippen molar-refractivity contribution in [1.82, 2.24) is 14.8 Å². The lowest BCUT2D eigenvalue weighted by molar-refractivity contribution is 0.102. The molecule has 8 heteroatoms. The van der Waals surface area contributed by atoms with Gasteiger partial charge in [-0.05, 0) is 18.2 Å². The number of hydrogen-bond acceptors (Lipinski definition) is 6. The Morgan fingerprint density at radius 1 is 1.07 bits per heavy atom. The van der Waals surface area contributed by atoms with E-state index in [0.717, 1.165) is 35.4 Å². The fourth-order valence-corrected chi connectivity index (χ4v) is 4.21. The smallest absolute Gasteiger partial charge is 0.275 e. The minimum atomic E-state index is -0.232. The maximum absolute atomic E-state index is 12.9. The van der Waals surface area contributed by atoms with Crippen LogP contribution in [0.1, 0.15) is 10.5 Å². The molecule has 0 aliphatic carbocycles. The van der Waals surface area contributed by atoms with Crippen LogP contribution in [0.5, 0.6) is 0 Å². The molecule has 1 aliphatic heterocycles. The lowest BCUT2D eigenvalue weighted by Gasteiger charge is -2.30. The number of ether oxygens (including phenoxy) is 1. The van der Waals surface area contributed by atoms with Crippen LogP contribution in [0.15, 0.2) is 60.1 Å². The largest absolute Gasteiger partial charge is 0.378 e. The molecule has 0 atom stereocenters. The first-order chi connectivity index (χ1) is 14.3. The van der Waals surface area contributed by atoms with Gasteiger partial charge >= 0.3 is 0 Å². The third-order valence-corrected chi connectivity index (χ3v) is 5.70. The van der Waals surface area contributed by atoms with Gasteiger partial charge in [0.15, 0.2) is 0 Å². The number of fused-ring (bicyclic) bond motifs is 1. The molecular formula is C21H19N5O2S. The summed E-state index contributed by atoms with van der Waals surface area (Å²) in [5.74, 6) is -0.232. The first-order valence-corrected chi connectivity index (χ1v) is 10.3. The molecule has 7 nitrogen and oxygen atoms in total. The van der Waals surface area contributed by atoms with Crippen molar-refractivity contribution in [2.45, 2.75) is 0 Å². The molecule has 1 amide bonds. The number of morpholine rings is 1. The fourth-order valence-electron chi connectivity index (χ4n) is 3.44. The van der Waals surface area contributed by atoms with Crippen LogP contribution in [-0.2, 0) is 4.74 Å². The van der Waals surface area contributed by atoms with Crippen LogP contribution in [0, 0.1) is 0 Å². The van der Waals surface area contributed by atoms with Gasteiger partial charge in [-0.15, -0.1) is 11.3 Å². The van der Waals surface area contributed by atoms with Gasteiger partial charge in [-0.3, -0.25) is 4.79 Å². The van der Waals surface area contributed by atoms with Crippen LogP contribution in [-0.4, -0.2) is 47.0 Å². The molecule has 1 saturated heterocycles. The van der Waals surface area contributed by atoms with Crippen molar-refractivity contribution >= 4 is 39.5 Å². The number of hydrogen-bond donors (Lipinski definition) is 1. The van der Waals surface area contributed by atoms with Gasteiger partial charge in [0.25, 0.3) is 5.91 Å². The number of thiazole rings is 1. The van der Waals surface area contributed by atoms with E-state index in [0.29, 0.717) is 24.0 Å². The molecule has 2 aromatic carbocycles. The summed E-state index contributed by atoms with van der Waals surface area (Å²) in [6.45, 7) is 2.99. The van der Waals surface area contributed by atoms with Crippen molar-refractivity contribution in [1.29, 1.82) is 0 Å². The van der Waals surface area contributed by atoms with Crippen molar-refractivity contribution in [3.8, 4) is 5.13 Å². The summed E-state index contributed by atoms with van der Waals surface area (Å²) < 4.78 is 7.20. The minimum absolute atomic E-state index is 0.232. The summed E-state index contributed by atoms with van der Waals surface area (Å²) in [7, 11) is 0. The Morgan fingerprint density at radius 3 is 2.76 bits per heavy atom. The van der Waals surface area contributed by atoms with Crippen LogP contribution >= 0.6 is 11.3 Å². The topological polar surface area (TPSA) is 72.3 Å². The van der Waals surface area contributed by atoms with Gasteiger partial charge in [-0.2, -0.15) is 5.10 Å². The van der Waals surface area contributed by atoms with Crippen molar-refractivity contribution in [3.63, 3.8) is 0 Å². The summed E-state index contributed by atoms with van der Waals surface area (Å²) in [5, 5.41) is 10.9. The SMILES string of the molecule is O=C(Nc1ccccc1N1CCOCC1)c1csc(-n2ncc3ccccc32)n1. The maximum atomic E-state index is 12.9. The van der Waals surface area contributed by atoms with Gasteiger partial charge in [-0.25, -0.2) is 9.67 Å². The first kappa shape index (κ1) is 17.8. The summed E-state index contributed by atoms with van der Waals surface area (Å²) in [6, 6.07) is 15.8. The van der Waals surface area contributed by atoms with E-state index >= 15 is 0 Å². The number of rotatable bonds is 4. The molecule has 3 heterocycles. The van der Waals surface area contributed by atoms with Gasteiger partial charge in [0.1, 0.15) is 5.69 Å². The average molecular weight is 405 g/mol. The Labute approximate surface area is 171 Å². The second-order valence-electron chi connectivity index (χ2n) is 6.70. The van der Waals surface area contributed by atoms with Crippen LogP contribution in [0.3, 0.4) is 0 Å². The number of nitrogens with zero attached hydrogens (tertiary/aromatic N) is 4. The molecule has 29 heavy (non-hydrogen) atoms. The van der Waals surface area contributed by atoms with E-state index in [4.69, 9.17) is 4.74 Å². The predicted octanol–water partition coefficient (Wildman–Crippen LogP) is 3.57. The van der Waals surface area contributed by atoms with E-state index in [9.17, 15) is 4.79 Å². The predicted molar refractivity (Wildman–Crippen MR) is 114 cm³/mol. The standard InChI is InChI=1S/C21H19N5O2S/c27-20(23-16-6-2-4-8-19(16)25-9-11-28-12-10-25)17-14-29-21(24-17)26-18-7-3-1-5-15(18)13-22-26/h1-8,13-14H,9-12H2,(H,23,27). The number of benzene rings is 2. The van der Waals surface area contributed by atoms with Crippen LogP contribution in [0.4, 0.5) is 11.4 Å². The van der Waals surface area contributed by atoms with E-state index in [1.807, 2.05) is 48.5 Å². The fraction of sp³-hybridized carbons (Fsp3) is 0.190. The van der Waals surface area contributed by atoms with Gasteiger partial charge in [0.2, 0.25) is 5.13 Å². The number of aromatic nitrogens is 3. The average Bonchev–Trinajstić information content (AvgIpc) is 3.42. The second-order valence-corrected chi connectivity index (χ2v) is 7.54. The number of nitrogens with one attached hydrogen (secondary N) is 1. The van der Waals surface area contributed by atoms with Crippen LogP contribution < -0.4 is 10.2 Å². The van der Waals surface area contributed by atoms with E-state index in [1.54, 1.807) is 16.3 Å². The molecule has 0 spiro atoms. The molecule has 0 radical (unpaired) electrons. The lowest BCUT2D eigenvalue weighted by Crippen LogP contribution is -2.36. The molecule has 4 aromatic rings. The molecule has 0 bridgehead atoms. The number of anilines is 2. The Kier molecular flexibility index (Phi) is 4.71. The highest BCUT2D eigenvalue weighted by Gasteiger charge is 2.18. The Morgan fingerprint density at radius 2 is 1.86 bits per heavy atom. The lowest BCUT2D eigenvalue weighted by atomic mass is 10.2. The van der Waals surface area contributed by atoms with E-state index in [-0.39, 0.29) is 5.91 Å². The van der Waals surface area contributed by atoms with Crippen molar-refractivity contribution in [2.75, 3.05) is 36.5 Å². The number of carbonyl (C=O) groups excluding carboxylic acids is 1. The second kappa shape index (κ2) is 7.65. The van der Waals surface area contributed by atoms with Crippen LogP contribution in [0.25, 0.3) is 16.0 Å². The molecule has 1 aliphatic rings. The van der Waals surface area contributed by atoms with Gasteiger partial charge < -0.3 is 15.0 Å². The number of amides is 1. The number of carbonyl (C=O) groups is 1. The first-order valence-electron chi connectivity index (χ1n) is 9.41. The third-order valence-electron chi connectivity index (χ3n) is 4.89. The van der Waals surface area contributed by atoms with E-state index < -0.39 is 0 Å². The normalized spacial score (nSPS) is 14.3. The zero-order valence-electron chi connectivity index (χ0n) is 15.6. The molecule has 0 unspecified atom stereocenters. The molecular weight excluding hydrogens is 386 g/mol. The number of para-hydroxylation sites is 3. The van der Waals surface area contributed by atoms with E-state index in [2.05, 4.69) is 20.3 Å². The Hall–Kier alpha value is -3.23. The Balaban J connectivity index is 1.39. The summed E-state index contributed by atoms with van der Waals surface area (Å²) >= 11 is 1.39. The monoisotopic (exact) mass is 405 g/mol. The third kappa shape index (κ3) is 3.48. The molecule has 2 aromatic heterocycles. The zero-order valence-corrected chi connectivity index (χ0v) is 16.4. The molecule has 1 fully saturated rings. The van der Waals surface area contributed by atoms with Crippen molar-refractivity contribution in [2.24, 2.45) is 0 Å². The van der Waals surface area contributed by atoms with Crippen LogP contribution in [0.2, 0.25) is 0 Å². The summed E-state index contributed by atoms with van der Waals surface area (Å²) in [6.07, 6.45) is 1.80.